The van der Waals surface area contributed by atoms with Crippen LogP contribution in [0.15, 0.2) is 9.59 Å². The summed E-state index contributed by atoms with van der Waals surface area (Å²) >= 11 is 0. The molecule has 2 unspecified atom stereocenters. The predicted molar refractivity (Wildman–Crippen MR) is 103 cm³/mol. The Kier molecular flexibility index (Phi) is 4.67. The fraction of sp³-hybridized carbons (Fsp3) is 0.579. The highest BCUT2D eigenvalue weighted by atomic mass is 19.1. The van der Waals surface area contributed by atoms with Crippen LogP contribution in [0.1, 0.15) is 36.4 Å². The number of aliphatic hydroxyl groups excluding tert-OH is 1. The van der Waals surface area contributed by atoms with Crippen LogP contribution in [0, 0.1) is 18.7 Å². The van der Waals surface area contributed by atoms with Crippen molar-refractivity contribution in [2.45, 2.75) is 38.1 Å². The second kappa shape index (κ2) is 6.89. The molecule has 28 heavy (non-hydrogen) atoms. The first kappa shape index (κ1) is 18.9. The second-order valence-electron chi connectivity index (χ2n) is 7.75. The van der Waals surface area contributed by atoms with Crippen molar-refractivity contribution in [3.63, 3.8) is 0 Å². The van der Waals surface area contributed by atoms with Crippen LogP contribution in [0.5, 0.6) is 5.75 Å². The predicted octanol–water partition coefficient (Wildman–Crippen LogP) is 0.467. The second-order valence-corrected chi connectivity index (χ2v) is 7.75. The molecule has 2 aromatic heterocycles. The average molecular weight is 392 g/mol. The fourth-order valence-corrected chi connectivity index (χ4v) is 4.29. The molecule has 2 fully saturated rings. The smallest absolute Gasteiger partial charge is 0.333 e. The quantitative estimate of drug-likeness (QED) is 0.682. The lowest BCUT2D eigenvalue weighted by atomic mass is 10.0. The molecular formula is C19H25FN4O4. The van der Waals surface area contributed by atoms with Gasteiger partial charge < -0.3 is 20.5 Å². The number of fused-ring (bicyclic) bond motifs is 1. The summed E-state index contributed by atoms with van der Waals surface area (Å²) in [5.41, 5.74) is 6.06. The van der Waals surface area contributed by atoms with E-state index < -0.39 is 17.1 Å². The zero-order valence-corrected chi connectivity index (χ0v) is 16.0. The molecule has 0 radical (unpaired) electrons. The van der Waals surface area contributed by atoms with E-state index in [1.165, 1.54) is 18.4 Å². The topological polar surface area (TPSA) is 113 Å². The minimum Gasteiger partial charge on any atom is -0.492 e. The van der Waals surface area contributed by atoms with Gasteiger partial charge in [-0.05, 0) is 38.0 Å². The normalized spacial score (nSPS) is 20.8. The lowest BCUT2D eigenvalue weighted by Crippen LogP contribution is -2.36. The molecule has 1 saturated heterocycles. The molecule has 0 amide bonds. The number of aromatic amines is 1. The molecule has 9 heteroatoms. The van der Waals surface area contributed by atoms with E-state index in [-0.39, 0.29) is 41.6 Å². The number of nitrogens with one attached hydrogen (secondary N) is 1. The van der Waals surface area contributed by atoms with Crippen LogP contribution in [-0.4, -0.2) is 47.3 Å². The molecule has 8 nitrogen and oxygen atoms in total. The summed E-state index contributed by atoms with van der Waals surface area (Å²) in [6, 6.07) is -0.381. The summed E-state index contributed by atoms with van der Waals surface area (Å²) < 4.78 is 22.2. The first-order chi connectivity index (χ1) is 13.4. The number of aliphatic hydroxyl groups is 1. The van der Waals surface area contributed by atoms with Gasteiger partial charge >= 0.3 is 5.69 Å². The molecule has 0 spiro atoms. The number of H-pyrrole nitrogens is 1. The van der Waals surface area contributed by atoms with E-state index in [0.717, 1.165) is 12.8 Å². The van der Waals surface area contributed by atoms with Gasteiger partial charge in [-0.3, -0.25) is 14.2 Å². The summed E-state index contributed by atoms with van der Waals surface area (Å²) in [6.45, 7) is 2.41. The van der Waals surface area contributed by atoms with Gasteiger partial charge in [-0.2, -0.15) is 0 Å². The van der Waals surface area contributed by atoms with Gasteiger partial charge in [-0.1, -0.05) is 0 Å². The summed E-state index contributed by atoms with van der Waals surface area (Å²) in [7, 11) is 1.42. The molecule has 4 N–H and O–H groups in total. The minimum atomic E-state index is -0.674. The van der Waals surface area contributed by atoms with Crippen molar-refractivity contribution < 1.29 is 14.2 Å². The lowest BCUT2D eigenvalue weighted by Gasteiger charge is -2.26. The number of hydrogen-bond acceptors (Lipinski definition) is 6. The summed E-state index contributed by atoms with van der Waals surface area (Å²) in [4.78, 5) is 29.2. The van der Waals surface area contributed by atoms with E-state index in [4.69, 9.17) is 10.5 Å². The largest absolute Gasteiger partial charge is 0.492 e. The molecule has 2 aliphatic rings. The number of aryl methyl sites for hydroxylation is 1. The van der Waals surface area contributed by atoms with Gasteiger partial charge in [-0.15, -0.1) is 0 Å². The Morgan fingerprint density at radius 1 is 1.36 bits per heavy atom. The Hall–Kier alpha value is -2.39. The van der Waals surface area contributed by atoms with E-state index in [9.17, 15) is 14.7 Å². The molecule has 1 aliphatic heterocycles. The van der Waals surface area contributed by atoms with Gasteiger partial charge in [0.25, 0.3) is 5.56 Å². The van der Waals surface area contributed by atoms with Crippen LogP contribution >= 0.6 is 0 Å². The standard InChI is InChI=1S/C19H25FN4O4/c1-9-14(20)16(23-6-5-11(7-23)12(21)8-25)17(28-2)15-13(10-3-4-10)18(26)22-19(27)24(9)15/h10-12,25H,3-8,21H2,1-2H3,(H,22,26,27). The summed E-state index contributed by atoms with van der Waals surface area (Å²) in [5, 5.41) is 9.34. The third-order valence-electron chi connectivity index (χ3n) is 5.98. The van der Waals surface area contributed by atoms with Crippen molar-refractivity contribution in [3.8, 4) is 5.75 Å². The van der Waals surface area contributed by atoms with E-state index in [1.54, 1.807) is 0 Å². The average Bonchev–Trinajstić information content (AvgIpc) is 3.38. The third-order valence-corrected chi connectivity index (χ3v) is 5.98. The van der Waals surface area contributed by atoms with Gasteiger partial charge in [0.1, 0.15) is 11.2 Å². The van der Waals surface area contributed by atoms with Crippen LogP contribution in [0.2, 0.25) is 0 Å². The highest BCUT2D eigenvalue weighted by Gasteiger charge is 2.36. The number of aromatic nitrogens is 2. The maximum atomic E-state index is 15.4. The molecule has 2 atom stereocenters. The third kappa shape index (κ3) is 2.80. The van der Waals surface area contributed by atoms with Crippen molar-refractivity contribution in [2.24, 2.45) is 11.7 Å². The highest BCUT2D eigenvalue weighted by Crippen LogP contribution is 2.46. The van der Waals surface area contributed by atoms with Crippen LogP contribution in [0.4, 0.5) is 10.1 Å². The molecule has 0 aromatic carbocycles. The Morgan fingerprint density at radius 2 is 2.07 bits per heavy atom. The maximum absolute atomic E-state index is 15.4. The number of nitrogens with zero attached hydrogens (tertiary/aromatic N) is 2. The highest BCUT2D eigenvalue weighted by molar-refractivity contribution is 5.79. The van der Waals surface area contributed by atoms with Gasteiger partial charge in [0.2, 0.25) is 0 Å². The zero-order valence-electron chi connectivity index (χ0n) is 16.0. The number of halogens is 1. The Balaban J connectivity index is 1.98. The number of nitrogens with two attached hydrogens (primary N) is 1. The monoisotopic (exact) mass is 392 g/mol. The van der Waals surface area contributed by atoms with Gasteiger partial charge in [0, 0.05) is 24.7 Å². The van der Waals surface area contributed by atoms with Crippen LogP contribution in [0.3, 0.4) is 0 Å². The fourth-order valence-electron chi connectivity index (χ4n) is 4.29. The summed E-state index contributed by atoms with van der Waals surface area (Å²) in [6.07, 6.45) is 2.41. The van der Waals surface area contributed by atoms with Crippen LogP contribution < -0.4 is 26.6 Å². The van der Waals surface area contributed by atoms with Crippen LogP contribution in [0.25, 0.3) is 5.52 Å². The number of hydrogen-bond donors (Lipinski definition) is 3. The van der Waals surface area contributed by atoms with E-state index in [1.807, 2.05) is 4.90 Å². The van der Waals surface area contributed by atoms with Crippen molar-refractivity contribution in [1.82, 2.24) is 9.38 Å². The van der Waals surface area contributed by atoms with Gasteiger partial charge in [0.05, 0.1) is 19.4 Å². The Morgan fingerprint density at radius 3 is 2.68 bits per heavy atom. The number of methoxy groups -OCH3 is 1. The molecule has 3 heterocycles. The number of ether oxygens (including phenoxy) is 1. The minimum absolute atomic E-state index is 0.0231. The molecule has 0 bridgehead atoms. The van der Waals surface area contributed by atoms with Crippen molar-refractivity contribution in [1.29, 1.82) is 0 Å². The van der Waals surface area contributed by atoms with Gasteiger partial charge in [0.15, 0.2) is 11.6 Å². The Labute approximate surface area is 160 Å². The van der Waals surface area contributed by atoms with Gasteiger partial charge in [-0.25, -0.2) is 9.18 Å². The number of anilines is 1. The summed E-state index contributed by atoms with van der Waals surface area (Å²) in [5.74, 6) is -0.292. The van der Waals surface area contributed by atoms with Crippen molar-refractivity contribution in [3.05, 3.63) is 37.9 Å². The number of rotatable bonds is 5. The van der Waals surface area contributed by atoms with E-state index in [2.05, 4.69) is 4.98 Å². The Bertz CT molecular complexity index is 1040. The first-order valence-electron chi connectivity index (χ1n) is 9.55. The SMILES string of the molecule is COc1c(N2CCC(C(N)CO)C2)c(F)c(C)n2c(=O)[nH]c(=O)c(C3CC3)c12. The lowest BCUT2D eigenvalue weighted by molar-refractivity contribution is 0.233. The molecule has 152 valence electrons. The van der Waals surface area contributed by atoms with E-state index >= 15 is 4.39 Å². The molecule has 1 saturated carbocycles. The van der Waals surface area contributed by atoms with Crippen LogP contribution in [-0.2, 0) is 0 Å². The van der Waals surface area contributed by atoms with Crippen molar-refractivity contribution in [2.75, 3.05) is 31.7 Å². The molecule has 4 rings (SSSR count). The first-order valence-corrected chi connectivity index (χ1v) is 9.55. The maximum Gasteiger partial charge on any atom is 0.333 e. The molecule has 2 aromatic rings. The van der Waals surface area contributed by atoms with Crippen molar-refractivity contribution >= 4 is 11.2 Å². The zero-order chi connectivity index (χ0) is 20.2. The molecular weight excluding hydrogens is 367 g/mol. The molecule has 1 aliphatic carbocycles. The number of pyridine rings is 1. The van der Waals surface area contributed by atoms with E-state index in [0.29, 0.717) is 30.6 Å².